The molecule has 0 spiro atoms. The standard InChI is InChI=1S/C16H16ClN3O2/c1-11-8-13(17)4-7-15(11)18-10-16(22)20-19-9-12-2-5-14(21)6-3-12/h2-9,18,21H,10H2,1H3,(H,20,22)/b19-9+. The fourth-order valence-corrected chi connectivity index (χ4v) is 2.01. The molecule has 0 saturated carbocycles. The van der Waals surface area contributed by atoms with Crippen LogP contribution in [0, 0.1) is 6.92 Å². The molecule has 6 heteroatoms. The van der Waals surface area contributed by atoms with Crippen molar-refractivity contribution in [2.24, 2.45) is 5.10 Å². The molecular weight excluding hydrogens is 302 g/mol. The topological polar surface area (TPSA) is 73.7 Å². The van der Waals surface area contributed by atoms with E-state index in [9.17, 15) is 4.79 Å². The summed E-state index contributed by atoms with van der Waals surface area (Å²) in [6, 6.07) is 11.9. The van der Waals surface area contributed by atoms with Crippen LogP contribution >= 0.6 is 11.6 Å². The maximum absolute atomic E-state index is 11.7. The number of nitrogens with zero attached hydrogens (tertiary/aromatic N) is 1. The highest BCUT2D eigenvalue weighted by atomic mass is 35.5. The quantitative estimate of drug-likeness (QED) is 0.586. The van der Waals surface area contributed by atoms with Crippen molar-refractivity contribution in [1.29, 1.82) is 0 Å². The van der Waals surface area contributed by atoms with E-state index in [1.54, 1.807) is 30.3 Å². The molecule has 2 rings (SSSR count). The van der Waals surface area contributed by atoms with Gasteiger partial charge < -0.3 is 10.4 Å². The third-order valence-electron chi connectivity index (χ3n) is 2.92. The van der Waals surface area contributed by atoms with Gasteiger partial charge in [-0.05, 0) is 60.5 Å². The van der Waals surface area contributed by atoms with Crippen LogP contribution < -0.4 is 10.7 Å². The van der Waals surface area contributed by atoms with Crippen LogP contribution in [0.25, 0.3) is 0 Å². The number of benzene rings is 2. The molecular formula is C16H16ClN3O2. The molecule has 0 heterocycles. The minimum Gasteiger partial charge on any atom is -0.508 e. The molecule has 0 radical (unpaired) electrons. The predicted molar refractivity (Wildman–Crippen MR) is 88.5 cm³/mol. The monoisotopic (exact) mass is 317 g/mol. The van der Waals surface area contributed by atoms with Gasteiger partial charge in [-0.3, -0.25) is 4.79 Å². The lowest BCUT2D eigenvalue weighted by molar-refractivity contribution is -0.119. The Morgan fingerprint density at radius 2 is 2.00 bits per heavy atom. The average Bonchev–Trinajstić information content (AvgIpc) is 2.48. The number of phenolic OH excluding ortho intramolecular Hbond substituents is 1. The SMILES string of the molecule is Cc1cc(Cl)ccc1NCC(=O)N/N=C/c1ccc(O)cc1. The number of aromatic hydroxyl groups is 1. The molecule has 1 amide bonds. The Morgan fingerprint density at radius 3 is 2.68 bits per heavy atom. The third kappa shape index (κ3) is 4.79. The molecule has 0 aliphatic heterocycles. The number of aryl methyl sites for hydroxylation is 1. The summed E-state index contributed by atoms with van der Waals surface area (Å²) in [5.74, 6) is -0.0758. The number of nitrogens with one attached hydrogen (secondary N) is 2. The molecule has 2 aromatic rings. The summed E-state index contributed by atoms with van der Waals surface area (Å²) in [6.45, 7) is 2.02. The zero-order chi connectivity index (χ0) is 15.9. The van der Waals surface area contributed by atoms with Crippen LogP contribution in [0.3, 0.4) is 0 Å². The zero-order valence-electron chi connectivity index (χ0n) is 12.0. The minimum atomic E-state index is -0.260. The highest BCUT2D eigenvalue weighted by Crippen LogP contribution is 2.19. The average molecular weight is 318 g/mol. The Balaban J connectivity index is 1.81. The lowest BCUT2D eigenvalue weighted by Gasteiger charge is -2.08. The van der Waals surface area contributed by atoms with Gasteiger partial charge in [0.15, 0.2) is 0 Å². The van der Waals surface area contributed by atoms with Crippen LogP contribution in [0.1, 0.15) is 11.1 Å². The first-order chi connectivity index (χ1) is 10.5. The van der Waals surface area contributed by atoms with Crippen molar-refractivity contribution in [3.05, 3.63) is 58.6 Å². The zero-order valence-corrected chi connectivity index (χ0v) is 12.8. The molecule has 0 aliphatic carbocycles. The van der Waals surface area contributed by atoms with Gasteiger partial charge >= 0.3 is 0 Å². The van der Waals surface area contributed by atoms with Gasteiger partial charge in [-0.25, -0.2) is 5.43 Å². The van der Waals surface area contributed by atoms with E-state index in [2.05, 4.69) is 15.8 Å². The third-order valence-corrected chi connectivity index (χ3v) is 3.16. The Labute approximate surface area is 133 Å². The number of phenols is 1. The van der Waals surface area contributed by atoms with E-state index in [0.717, 1.165) is 16.8 Å². The van der Waals surface area contributed by atoms with Crippen LogP contribution in [0.4, 0.5) is 5.69 Å². The summed E-state index contributed by atoms with van der Waals surface area (Å²) < 4.78 is 0. The van der Waals surface area contributed by atoms with E-state index in [0.29, 0.717) is 5.02 Å². The van der Waals surface area contributed by atoms with E-state index in [4.69, 9.17) is 16.7 Å². The molecule has 22 heavy (non-hydrogen) atoms. The van der Waals surface area contributed by atoms with Crippen molar-refractivity contribution in [3.8, 4) is 5.75 Å². The molecule has 0 aliphatic rings. The number of halogens is 1. The Hall–Kier alpha value is -2.53. The van der Waals surface area contributed by atoms with Gasteiger partial charge in [0.1, 0.15) is 5.75 Å². The first kappa shape index (κ1) is 15.9. The lowest BCUT2D eigenvalue weighted by atomic mass is 10.2. The molecule has 0 saturated heterocycles. The molecule has 114 valence electrons. The Bertz CT molecular complexity index is 684. The molecule has 0 atom stereocenters. The molecule has 0 bridgehead atoms. The van der Waals surface area contributed by atoms with E-state index in [1.165, 1.54) is 6.21 Å². The summed E-state index contributed by atoms with van der Waals surface area (Å²) in [4.78, 5) is 11.7. The number of carbonyl (C=O) groups excluding carboxylic acids is 1. The lowest BCUT2D eigenvalue weighted by Crippen LogP contribution is -2.26. The largest absolute Gasteiger partial charge is 0.508 e. The highest BCUT2D eigenvalue weighted by molar-refractivity contribution is 6.30. The number of amides is 1. The maximum Gasteiger partial charge on any atom is 0.259 e. The van der Waals surface area contributed by atoms with Gasteiger partial charge in [-0.1, -0.05) is 11.6 Å². The Kier molecular flexibility index (Phi) is 5.38. The van der Waals surface area contributed by atoms with Crippen LogP contribution in [0.2, 0.25) is 5.02 Å². The predicted octanol–water partition coefficient (Wildman–Crippen LogP) is 2.92. The second-order valence-electron chi connectivity index (χ2n) is 4.70. The van der Waals surface area contributed by atoms with E-state index in [1.807, 2.05) is 19.1 Å². The smallest absolute Gasteiger partial charge is 0.259 e. The van der Waals surface area contributed by atoms with E-state index < -0.39 is 0 Å². The number of rotatable bonds is 5. The fraction of sp³-hybridized carbons (Fsp3) is 0.125. The van der Waals surface area contributed by atoms with Gasteiger partial charge in [0.25, 0.3) is 5.91 Å². The van der Waals surface area contributed by atoms with Gasteiger partial charge in [0.2, 0.25) is 0 Å². The van der Waals surface area contributed by atoms with Gasteiger partial charge in [0.05, 0.1) is 12.8 Å². The molecule has 0 fully saturated rings. The van der Waals surface area contributed by atoms with Crippen LogP contribution in [-0.4, -0.2) is 23.8 Å². The summed E-state index contributed by atoms with van der Waals surface area (Å²) in [5, 5.41) is 16.7. The first-order valence-electron chi connectivity index (χ1n) is 6.65. The summed E-state index contributed by atoms with van der Waals surface area (Å²) in [6.07, 6.45) is 1.50. The second-order valence-corrected chi connectivity index (χ2v) is 5.13. The van der Waals surface area contributed by atoms with Crippen molar-refractivity contribution in [1.82, 2.24) is 5.43 Å². The van der Waals surface area contributed by atoms with Crippen molar-refractivity contribution in [2.75, 3.05) is 11.9 Å². The number of anilines is 1. The van der Waals surface area contributed by atoms with Crippen LogP contribution in [-0.2, 0) is 4.79 Å². The van der Waals surface area contributed by atoms with Crippen molar-refractivity contribution in [2.45, 2.75) is 6.92 Å². The Morgan fingerprint density at radius 1 is 1.27 bits per heavy atom. The van der Waals surface area contributed by atoms with Crippen LogP contribution in [0.5, 0.6) is 5.75 Å². The van der Waals surface area contributed by atoms with Crippen LogP contribution in [0.15, 0.2) is 47.6 Å². The summed E-state index contributed by atoms with van der Waals surface area (Å²) in [5.41, 5.74) is 5.02. The van der Waals surface area contributed by atoms with Gasteiger partial charge in [-0.2, -0.15) is 5.10 Å². The molecule has 0 aromatic heterocycles. The molecule has 3 N–H and O–H groups in total. The second kappa shape index (κ2) is 7.47. The minimum absolute atomic E-state index is 0.107. The normalized spacial score (nSPS) is 10.6. The fourth-order valence-electron chi connectivity index (χ4n) is 1.78. The van der Waals surface area contributed by atoms with Gasteiger partial charge in [0, 0.05) is 10.7 Å². The molecule has 2 aromatic carbocycles. The van der Waals surface area contributed by atoms with E-state index >= 15 is 0 Å². The maximum atomic E-state index is 11.7. The number of carbonyl (C=O) groups is 1. The van der Waals surface area contributed by atoms with Crippen molar-refractivity contribution in [3.63, 3.8) is 0 Å². The summed E-state index contributed by atoms with van der Waals surface area (Å²) >= 11 is 5.87. The first-order valence-corrected chi connectivity index (χ1v) is 7.03. The number of hydrazone groups is 1. The van der Waals surface area contributed by atoms with Gasteiger partial charge in [-0.15, -0.1) is 0 Å². The number of hydrogen-bond donors (Lipinski definition) is 3. The summed E-state index contributed by atoms with van der Waals surface area (Å²) in [7, 11) is 0. The van der Waals surface area contributed by atoms with E-state index in [-0.39, 0.29) is 18.2 Å². The highest BCUT2D eigenvalue weighted by Gasteiger charge is 2.02. The molecule has 5 nitrogen and oxygen atoms in total. The van der Waals surface area contributed by atoms with Crippen molar-refractivity contribution >= 4 is 29.4 Å². The van der Waals surface area contributed by atoms with Crippen molar-refractivity contribution < 1.29 is 9.90 Å². The number of hydrogen-bond acceptors (Lipinski definition) is 4. The molecule has 0 unspecified atom stereocenters.